The van der Waals surface area contributed by atoms with Gasteiger partial charge in [-0.05, 0) is 53.7 Å². The maximum Gasteiger partial charge on any atom is 0.290 e. The third kappa shape index (κ3) is 4.28. The summed E-state index contributed by atoms with van der Waals surface area (Å²) in [6.07, 6.45) is 1.46. The van der Waals surface area contributed by atoms with E-state index in [9.17, 15) is 9.59 Å². The maximum atomic E-state index is 11.6. The number of nitrogens with one attached hydrogen (secondary N) is 1. The van der Waals surface area contributed by atoms with Crippen molar-refractivity contribution in [2.75, 3.05) is 13.2 Å². The molecule has 138 valence electrons. The molecule has 8 heteroatoms. The van der Waals surface area contributed by atoms with E-state index in [0.29, 0.717) is 35.4 Å². The first-order valence-electron chi connectivity index (χ1n) is 8.13. The molecule has 2 aromatic rings. The van der Waals surface area contributed by atoms with Crippen molar-refractivity contribution in [2.24, 2.45) is 0 Å². The number of carbonyl (C=O) groups is 2. The van der Waals surface area contributed by atoms with Crippen LogP contribution in [0.3, 0.4) is 0 Å². The van der Waals surface area contributed by atoms with Crippen LogP contribution in [0.1, 0.15) is 5.56 Å². The number of hydrogen-bond donors (Lipinski definition) is 1. The van der Waals surface area contributed by atoms with E-state index in [1.54, 1.807) is 18.2 Å². The van der Waals surface area contributed by atoms with Crippen LogP contribution in [0.15, 0.2) is 51.8 Å². The highest BCUT2D eigenvalue weighted by atomic mass is 79.9. The fourth-order valence-corrected chi connectivity index (χ4v) is 3.61. The van der Waals surface area contributed by atoms with Gasteiger partial charge in [0.2, 0.25) is 0 Å². The normalized spacial score (nSPS) is 19.9. The van der Waals surface area contributed by atoms with Crippen LogP contribution in [0, 0.1) is 0 Å². The lowest BCUT2D eigenvalue weighted by molar-refractivity contribution is -0.115. The van der Waals surface area contributed by atoms with Crippen LogP contribution in [-0.4, -0.2) is 30.5 Å². The van der Waals surface area contributed by atoms with Gasteiger partial charge < -0.3 is 14.2 Å². The third-order valence-corrected chi connectivity index (χ3v) is 5.18. The molecule has 0 spiro atoms. The zero-order valence-corrected chi connectivity index (χ0v) is 16.3. The fraction of sp³-hybridized carbons (Fsp3) is 0.158. The third-order valence-electron chi connectivity index (χ3n) is 3.88. The molecule has 6 nitrogen and oxygen atoms in total. The van der Waals surface area contributed by atoms with E-state index in [-0.39, 0.29) is 17.3 Å². The second-order valence-corrected chi connectivity index (χ2v) is 7.80. The summed E-state index contributed by atoms with van der Waals surface area (Å²) < 4.78 is 18.3. The average Bonchev–Trinajstić information content (AvgIpc) is 2.98. The average molecular weight is 448 g/mol. The van der Waals surface area contributed by atoms with E-state index in [1.807, 2.05) is 30.3 Å². The molecule has 27 heavy (non-hydrogen) atoms. The molecule has 1 unspecified atom stereocenters. The summed E-state index contributed by atoms with van der Waals surface area (Å²) in [5, 5.41) is 1.88. The lowest BCUT2D eigenvalue weighted by atomic mass is 10.2. The maximum absolute atomic E-state index is 11.6. The number of carbonyl (C=O) groups excluding carboxylic acids is 2. The van der Waals surface area contributed by atoms with Crippen LogP contribution >= 0.6 is 27.7 Å². The highest BCUT2D eigenvalue weighted by Gasteiger charge is 2.25. The zero-order chi connectivity index (χ0) is 18.8. The summed E-state index contributed by atoms with van der Waals surface area (Å²) in [6, 6.07) is 12.9. The predicted molar refractivity (Wildman–Crippen MR) is 105 cm³/mol. The van der Waals surface area contributed by atoms with Gasteiger partial charge >= 0.3 is 0 Å². The van der Waals surface area contributed by atoms with Gasteiger partial charge in [-0.25, -0.2) is 0 Å². The quantitative estimate of drug-likeness (QED) is 0.714. The van der Waals surface area contributed by atoms with Crippen molar-refractivity contribution in [3.63, 3.8) is 0 Å². The second kappa shape index (κ2) is 7.66. The highest BCUT2D eigenvalue weighted by Crippen LogP contribution is 2.34. The number of benzene rings is 2. The Bertz CT molecular complexity index is 928. The Kier molecular flexibility index (Phi) is 5.09. The summed E-state index contributed by atoms with van der Waals surface area (Å²) in [6.45, 7) is 0.761. The van der Waals surface area contributed by atoms with Crippen LogP contribution in [0.25, 0.3) is 6.08 Å². The number of amides is 2. The SMILES string of the molecule is O=C1NC(=O)/C(=C/c2ccc(OCC3COc4cc(Br)ccc4O3)cc2)S1. The lowest BCUT2D eigenvalue weighted by Gasteiger charge is -2.26. The molecular formula is C19H14BrNO5S. The van der Waals surface area contributed by atoms with Crippen molar-refractivity contribution in [2.45, 2.75) is 6.10 Å². The van der Waals surface area contributed by atoms with E-state index in [4.69, 9.17) is 14.2 Å². The molecule has 0 saturated carbocycles. The second-order valence-electron chi connectivity index (χ2n) is 5.87. The molecule has 2 aliphatic rings. The van der Waals surface area contributed by atoms with Crippen LogP contribution in [0.2, 0.25) is 0 Å². The molecule has 0 aliphatic carbocycles. The van der Waals surface area contributed by atoms with Crippen molar-refractivity contribution >= 4 is 44.9 Å². The summed E-state index contributed by atoms with van der Waals surface area (Å²) >= 11 is 4.30. The number of thioether (sulfide) groups is 1. The first-order chi connectivity index (χ1) is 13.1. The highest BCUT2D eigenvalue weighted by molar-refractivity contribution is 9.10. The van der Waals surface area contributed by atoms with Crippen molar-refractivity contribution in [1.29, 1.82) is 0 Å². The van der Waals surface area contributed by atoms with Crippen LogP contribution in [0.5, 0.6) is 17.2 Å². The van der Waals surface area contributed by atoms with Crippen molar-refractivity contribution < 1.29 is 23.8 Å². The van der Waals surface area contributed by atoms with Crippen molar-refractivity contribution in [1.82, 2.24) is 5.32 Å². The summed E-state index contributed by atoms with van der Waals surface area (Å²) in [5.74, 6) is 1.72. The first kappa shape index (κ1) is 17.9. The van der Waals surface area contributed by atoms with Crippen LogP contribution in [-0.2, 0) is 4.79 Å². The molecule has 0 bridgehead atoms. The number of hydrogen-bond acceptors (Lipinski definition) is 6. The Morgan fingerprint density at radius 3 is 2.74 bits per heavy atom. The Labute approximate surface area is 168 Å². The molecule has 1 atom stereocenters. The summed E-state index contributed by atoms with van der Waals surface area (Å²) in [4.78, 5) is 23.1. The van der Waals surface area contributed by atoms with Gasteiger partial charge in [0.15, 0.2) is 17.6 Å². The van der Waals surface area contributed by atoms with Crippen LogP contribution < -0.4 is 19.5 Å². The van der Waals surface area contributed by atoms with E-state index < -0.39 is 0 Å². The number of halogens is 1. The van der Waals surface area contributed by atoms with Gasteiger partial charge in [0.05, 0.1) is 4.91 Å². The zero-order valence-electron chi connectivity index (χ0n) is 13.9. The van der Waals surface area contributed by atoms with Gasteiger partial charge in [-0.15, -0.1) is 0 Å². The Morgan fingerprint density at radius 1 is 1.19 bits per heavy atom. The molecule has 1 N–H and O–H groups in total. The van der Waals surface area contributed by atoms with Gasteiger partial charge in [-0.2, -0.15) is 0 Å². The fourth-order valence-electron chi connectivity index (χ4n) is 2.59. The van der Waals surface area contributed by atoms with Crippen molar-refractivity contribution in [3.05, 3.63) is 57.4 Å². The van der Waals surface area contributed by atoms with Gasteiger partial charge in [0.25, 0.3) is 11.1 Å². The topological polar surface area (TPSA) is 73.9 Å². The smallest absolute Gasteiger partial charge is 0.290 e. The molecule has 0 radical (unpaired) electrons. The summed E-state index contributed by atoms with van der Waals surface area (Å²) in [7, 11) is 0. The number of fused-ring (bicyclic) bond motifs is 1. The largest absolute Gasteiger partial charge is 0.490 e. The molecule has 2 aromatic carbocycles. The Morgan fingerprint density at radius 2 is 2.00 bits per heavy atom. The van der Waals surface area contributed by atoms with E-state index >= 15 is 0 Å². The number of rotatable bonds is 4. The molecule has 1 fully saturated rings. The minimum Gasteiger partial charge on any atom is -0.490 e. The predicted octanol–water partition coefficient (Wildman–Crippen LogP) is 3.99. The van der Waals surface area contributed by atoms with E-state index in [0.717, 1.165) is 21.8 Å². The van der Waals surface area contributed by atoms with Gasteiger partial charge in [-0.3, -0.25) is 14.9 Å². The molecule has 0 aromatic heterocycles. The molecule has 2 amide bonds. The Hall–Kier alpha value is -2.45. The first-order valence-corrected chi connectivity index (χ1v) is 9.74. The minimum absolute atomic E-state index is 0.204. The van der Waals surface area contributed by atoms with Crippen LogP contribution in [0.4, 0.5) is 4.79 Å². The number of ether oxygens (including phenoxy) is 3. The molecular weight excluding hydrogens is 434 g/mol. The monoisotopic (exact) mass is 447 g/mol. The van der Waals surface area contributed by atoms with E-state index in [1.165, 1.54) is 0 Å². The van der Waals surface area contributed by atoms with Gasteiger partial charge in [0.1, 0.15) is 19.0 Å². The van der Waals surface area contributed by atoms with Crippen molar-refractivity contribution in [3.8, 4) is 17.2 Å². The Balaban J connectivity index is 1.34. The van der Waals surface area contributed by atoms with E-state index in [2.05, 4.69) is 21.2 Å². The standard InChI is InChI=1S/C19H14BrNO5S/c20-12-3-6-15-16(8-12)25-10-14(26-15)9-24-13-4-1-11(2-5-13)7-17-18(22)21-19(23)27-17/h1-8,14H,9-10H2,(H,21,22,23)/b17-7-. The molecule has 1 saturated heterocycles. The molecule has 4 rings (SSSR count). The van der Waals surface area contributed by atoms with Gasteiger partial charge in [0, 0.05) is 4.47 Å². The van der Waals surface area contributed by atoms with Gasteiger partial charge in [-0.1, -0.05) is 28.1 Å². The minimum atomic E-state index is -0.368. The lowest BCUT2D eigenvalue weighted by Crippen LogP contribution is -2.34. The summed E-state index contributed by atoms with van der Waals surface area (Å²) in [5.41, 5.74) is 0.812. The molecule has 2 heterocycles. The molecule has 2 aliphatic heterocycles. The number of imide groups is 1.